The zero-order valence-electron chi connectivity index (χ0n) is 10.5. The SMILES string of the molecule is O=C(OCC1C2CCC(C2)C1CO)C(F)(F)S(=O)(=O)O. The van der Waals surface area contributed by atoms with Crippen LogP contribution < -0.4 is 0 Å². The summed E-state index contributed by atoms with van der Waals surface area (Å²) < 4.78 is 59.5. The van der Waals surface area contributed by atoms with E-state index in [1.807, 2.05) is 0 Å². The number of aliphatic hydroxyl groups excluding tert-OH is 1. The molecule has 2 fully saturated rings. The summed E-state index contributed by atoms with van der Waals surface area (Å²) in [5, 5.41) is 4.33. The van der Waals surface area contributed by atoms with Gasteiger partial charge in [-0.05, 0) is 37.0 Å². The van der Waals surface area contributed by atoms with Crippen molar-refractivity contribution in [1.82, 2.24) is 0 Å². The quantitative estimate of drug-likeness (QED) is 0.571. The summed E-state index contributed by atoms with van der Waals surface area (Å²) in [6.07, 6.45) is 2.71. The summed E-state index contributed by atoms with van der Waals surface area (Å²) >= 11 is 0. The molecular weight excluding hydrogens is 298 g/mol. The van der Waals surface area contributed by atoms with E-state index in [1.54, 1.807) is 0 Å². The van der Waals surface area contributed by atoms with Crippen molar-refractivity contribution in [3.05, 3.63) is 0 Å². The minimum absolute atomic E-state index is 0.110. The van der Waals surface area contributed by atoms with E-state index in [4.69, 9.17) is 4.55 Å². The molecule has 9 heteroatoms. The zero-order chi connectivity index (χ0) is 15.1. The monoisotopic (exact) mass is 314 g/mol. The maximum Gasteiger partial charge on any atom is 0.465 e. The van der Waals surface area contributed by atoms with Crippen LogP contribution in [0.25, 0.3) is 0 Å². The lowest BCUT2D eigenvalue weighted by atomic mass is 9.80. The van der Waals surface area contributed by atoms with Crippen LogP contribution in [0.2, 0.25) is 0 Å². The molecule has 2 rings (SSSR count). The fourth-order valence-electron chi connectivity index (χ4n) is 3.44. The van der Waals surface area contributed by atoms with Crippen LogP contribution in [0.3, 0.4) is 0 Å². The molecule has 20 heavy (non-hydrogen) atoms. The standard InChI is InChI=1S/C11H16F2O6S/c12-11(13,20(16,17)18)10(15)19-5-9-7-2-1-6(3-7)8(9)4-14/h6-9,14H,1-5H2,(H,16,17,18). The van der Waals surface area contributed by atoms with Crippen LogP contribution in [-0.2, 0) is 19.6 Å². The number of carbonyl (C=O) groups excluding carboxylic acids is 1. The number of esters is 1. The van der Waals surface area contributed by atoms with Crippen LogP contribution in [0.1, 0.15) is 19.3 Å². The highest BCUT2D eigenvalue weighted by Gasteiger charge is 2.55. The van der Waals surface area contributed by atoms with Gasteiger partial charge in [-0.3, -0.25) is 4.55 Å². The highest BCUT2D eigenvalue weighted by atomic mass is 32.2. The number of aliphatic hydroxyl groups is 1. The number of fused-ring (bicyclic) bond motifs is 2. The van der Waals surface area contributed by atoms with Gasteiger partial charge < -0.3 is 9.84 Å². The molecule has 116 valence electrons. The van der Waals surface area contributed by atoms with Gasteiger partial charge in [0.05, 0.1) is 6.61 Å². The Hall–Kier alpha value is -0.800. The molecule has 0 aliphatic heterocycles. The predicted octanol–water partition coefficient (Wildman–Crippen LogP) is 0.665. The minimum atomic E-state index is -5.83. The number of alkyl halides is 2. The lowest BCUT2D eigenvalue weighted by Crippen LogP contribution is -2.40. The van der Waals surface area contributed by atoms with Crippen LogP contribution in [0.5, 0.6) is 0 Å². The number of rotatable bonds is 5. The van der Waals surface area contributed by atoms with Gasteiger partial charge in [-0.1, -0.05) is 0 Å². The molecule has 2 aliphatic carbocycles. The van der Waals surface area contributed by atoms with Crippen molar-refractivity contribution in [3.8, 4) is 0 Å². The molecule has 6 nitrogen and oxygen atoms in total. The summed E-state index contributed by atoms with van der Waals surface area (Å²) in [5.41, 5.74) is 0. The largest absolute Gasteiger partial charge is 0.465 e. The Kier molecular flexibility index (Phi) is 4.05. The number of hydrogen-bond donors (Lipinski definition) is 2. The van der Waals surface area contributed by atoms with Crippen molar-refractivity contribution in [3.63, 3.8) is 0 Å². The molecular formula is C11H16F2O6S. The van der Waals surface area contributed by atoms with E-state index in [1.165, 1.54) is 0 Å². The third kappa shape index (κ3) is 2.53. The Morgan fingerprint density at radius 1 is 1.25 bits per heavy atom. The van der Waals surface area contributed by atoms with E-state index in [-0.39, 0.29) is 31.0 Å². The van der Waals surface area contributed by atoms with Crippen LogP contribution in [0, 0.1) is 23.7 Å². The molecule has 0 aromatic heterocycles. The summed E-state index contributed by atoms with van der Waals surface area (Å²) in [4.78, 5) is 11.1. The smallest absolute Gasteiger partial charge is 0.460 e. The molecule has 0 amide bonds. The van der Waals surface area contributed by atoms with Gasteiger partial charge in [0, 0.05) is 12.5 Å². The third-order valence-electron chi connectivity index (χ3n) is 4.45. The molecule has 4 atom stereocenters. The number of hydrogen-bond acceptors (Lipinski definition) is 5. The van der Waals surface area contributed by atoms with E-state index in [9.17, 15) is 27.1 Å². The number of carbonyl (C=O) groups is 1. The number of ether oxygens (including phenoxy) is 1. The van der Waals surface area contributed by atoms with Gasteiger partial charge in [-0.2, -0.15) is 17.2 Å². The van der Waals surface area contributed by atoms with Crippen LogP contribution >= 0.6 is 0 Å². The molecule has 2 aliphatic rings. The first-order valence-electron chi connectivity index (χ1n) is 6.31. The van der Waals surface area contributed by atoms with E-state index >= 15 is 0 Å². The van der Waals surface area contributed by atoms with E-state index in [0.717, 1.165) is 19.3 Å². The van der Waals surface area contributed by atoms with Gasteiger partial charge in [-0.15, -0.1) is 0 Å². The second-order valence-electron chi connectivity index (χ2n) is 5.43. The van der Waals surface area contributed by atoms with Crippen LogP contribution in [0.15, 0.2) is 0 Å². The summed E-state index contributed by atoms with van der Waals surface area (Å²) in [7, 11) is -5.83. The Morgan fingerprint density at radius 2 is 1.80 bits per heavy atom. The van der Waals surface area contributed by atoms with Gasteiger partial charge in [-0.25, -0.2) is 4.79 Å². The Bertz CT molecular complexity index is 491. The topological polar surface area (TPSA) is 101 Å². The highest BCUT2D eigenvalue weighted by molar-refractivity contribution is 7.87. The zero-order valence-corrected chi connectivity index (χ0v) is 11.4. The van der Waals surface area contributed by atoms with Gasteiger partial charge in [0.2, 0.25) is 0 Å². The van der Waals surface area contributed by atoms with E-state index < -0.39 is 21.3 Å². The van der Waals surface area contributed by atoms with Gasteiger partial charge in [0.15, 0.2) is 0 Å². The fourth-order valence-corrected chi connectivity index (χ4v) is 3.70. The molecule has 0 heterocycles. The summed E-state index contributed by atoms with van der Waals surface area (Å²) in [6.45, 7) is -0.478. The average Bonchev–Trinajstić information content (AvgIpc) is 2.94. The van der Waals surface area contributed by atoms with E-state index in [2.05, 4.69) is 4.74 Å². The molecule has 0 radical (unpaired) electrons. The first-order chi connectivity index (χ1) is 9.18. The molecule has 0 aromatic rings. The molecule has 2 saturated carbocycles. The molecule has 0 aromatic carbocycles. The van der Waals surface area contributed by atoms with Gasteiger partial charge >= 0.3 is 21.3 Å². The Balaban J connectivity index is 1.97. The summed E-state index contributed by atoms with van der Waals surface area (Å²) in [6, 6.07) is 0. The Labute approximate surface area is 114 Å². The predicted molar refractivity (Wildman–Crippen MR) is 62.4 cm³/mol. The average molecular weight is 314 g/mol. The molecule has 0 spiro atoms. The Morgan fingerprint density at radius 3 is 2.30 bits per heavy atom. The van der Waals surface area contributed by atoms with Crippen molar-refractivity contribution in [2.45, 2.75) is 24.5 Å². The third-order valence-corrected chi connectivity index (χ3v) is 5.27. The fraction of sp³-hybridized carbons (Fsp3) is 0.909. The van der Waals surface area contributed by atoms with Crippen molar-refractivity contribution in [2.24, 2.45) is 23.7 Å². The number of halogens is 2. The van der Waals surface area contributed by atoms with Crippen molar-refractivity contribution < 1.29 is 36.4 Å². The highest BCUT2D eigenvalue weighted by Crippen LogP contribution is 2.52. The second kappa shape index (κ2) is 5.19. The van der Waals surface area contributed by atoms with Crippen LogP contribution in [-0.4, -0.2) is 42.5 Å². The van der Waals surface area contributed by atoms with Crippen molar-refractivity contribution >= 4 is 16.1 Å². The van der Waals surface area contributed by atoms with Crippen molar-refractivity contribution in [1.29, 1.82) is 0 Å². The molecule has 2 N–H and O–H groups in total. The summed E-state index contributed by atoms with van der Waals surface area (Å²) in [5.74, 6) is -2.12. The first kappa shape index (κ1) is 15.6. The normalized spacial score (nSPS) is 33.4. The lowest BCUT2D eigenvalue weighted by molar-refractivity contribution is -0.164. The van der Waals surface area contributed by atoms with Crippen molar-refractivity contribution in [2.75, 3.05) is 13.2 Å². The second-order valence-corrected chi connectivity index (χ2v) is 6.90. The molecule has 0 saturated heterocycles. The first-order valence-corrected chi connectivity index (χ1v) is 7.75. The van der Waals surface area contributed by atoms with Gasteiger partial charge in [0.25, 0.3) is 0 Å². The maximum atomic E-state index is 13.0. The van der Waals surface area contributed by atoms with Gasteiger partial charge in [0.1, 0.15) is 0 Å². The molecule has 2 bridgehead atoms. The molecule has 4 unspecified atom stereocenters. The minimum Gasteiger partial charge on any atom is -0.460 e. The maximum absolute atomic E-state index is 13.0. The van der Waals surface area contributed by atoms with Crippen LogP contribution in [0.4, 0.5) is 8.78 Å². The lowest BCUT2D eigenvalue weighted by Gasteiger charge is -2.29. The van der Waals surface area contributed by atoms with E-state index in [0.29, 0.717) is 5.92 Å².